The molecule has 0 aromatic carbocycles. The maximum absolute atomic E-state index is 12.3. The van der Waals surface area contributed by atoms with Crippen molar-refractivity contribution in [2.24, 2.45) is 23.5 Å². The van der Waals surface area contributed by atoms with E-state index in [4.69, 9.17) is 11.5 Å². The molecule has 3 aromatic heterocycles. The van der Waals surface area contributed by atoms with Crippen LogP contribution in [0.3, 0.4) is 0 Å². The van der Waals surface area contributed by atoms with Gasteiger partial charge in [-0.1, -0.05) is 0 Å². The third-order valence-corrected chi connectivity index (χ3v) is 6.37. The van der Waals surface area contributed by atoms with Crippen LogP contribution in [0.5, 0.6) is 0 Å². The number of anilines is 2. The molecule has 0 aliphatic carbocycles. The predicted octanol–water partition coefficient (Wildman–Crippen LogP) is 1.74. The Morgan fingerprint density at radius 2 is 2.06 bits per heavy atom. The van der Waals surface area contributed by atoms with Gasteiger partial charge in [-0.05, 0) is 24.3 Å². The van der Waals surface area contributed by atoms with E-state index in [1.54, 1.807) is 32.0 Å². The Bertz CT molecular complexity index is 1230. The molecule has 0 saturated carbocycles. The number of carbonyl (C=O) groups excluding carboxylic acids is 1. The molecule has 33 heavy (non-hydrogen) atoms. The van der Waals surface area contributed by atoms with E-state index < -0.39 is 5.91 Å². The van der Waals surface area contributed by atoms with Crippen LogP contribution in [0.1, 0.15) is 23.3 Å². The van der Waals surface area contributed by atoms with Gasteiger partial charge in [-0.3, -0.25) is 14.8 Å². The number of nitrogens with one attached hydrogen (secondary N) is 2. The summed E-state index contributed by atoms with van der Waals surface area (Å²) in [6.45, 7) is 0. The van der Waals surface area contributed by atoms with Gasteiger partial charge in [0.15, 0.2) is 17.3 Å². The van der Waals surface area contributed by atoms with Crippen molar-refractivity contribution >= 4 is 46.6 Å². The maximum Gasteiger partial charge on any atom is 0.271 e. The van der Waals surface area contributed by atoms with Gasteiger partial charge in [0.25, 0.3) is 5.91 Å². The lowest BCUT2D eigenvalue weighted by Crippen LogP contribution is -2.20. The van der Waals surface area contributed by atoms with Crippen molar-refractivity contribution in [1.29, 1.82) is 0 Å². The van der Waals surface area contributed by atoms with Gasteiger partial charge in [-0.15, -0.1) is 0 Å². The van der Waals surface area contributed by atoms with Gasteiger partial charge in [0, 0.05) is 32.7 Å². The Morgan fingerprint density at radius 1 is 1.27 bits per heavy atom. The van der Waals surface area contributed by atoms with Crippen molar-refractivity contribution in [3.05, 3.63) is 36.3 Å². The van der Waals surface area contributed by atoms with Gasteiger partial charge in [0.2, 0.25) is 0 Å². The number of hydrogen-bond donors (Lipinski definition) is 4. The highest BCUT2D eigenvalue weighted by molar-refractivity contribution is 7.99. The van der Waals surface area contributed by atoms with Gasteiger partial charge in [-0.25, -0.2) is 15.0 Å². The van der Waals surface area contributed by atoms with Crippen LogP contribution in [-0.4, -0.2) is 61.2 Å². The number of thioether (sulfide) groups is 1. The number of aryl methyl sites for hydroxylation is 1. The highest BCUT2D eigenvalue weighted by Gasteiger charge is 2.21. The zero-order valence-electron chi connectivity index (χ0n) is 18.4. The van der Waals surface area contributed by atoms with Crippen LogP contribution in [0, 0.1) is 0 Å². The number of aromatic nitrogens is 5. The average Bonchev–Trinajstić information content (AvgIpc) is 3.22. The summed E-state index contributed by atoms with van der Waals surface area (Å²) in [4.78, 5) is 34.8. The summed E-state index contributed by atoms with van der Waals surface area (Å²) in [5, 5.41) is 6.08. The van der Waals surface area contributed by atoms with Crippen molar-refractivity contribution in [3.63, 3.8) is 0 Å². The molecular weight excluding hydrogens is 440 g/mol. The molecule has 12 heteroatoms. The highest BCUT2D eigenvalue weighted by Crippen LogP contribution is 2.31. The number of imidazole rings is 1. The van der Waals surface area contributed by atoms with E-state index in [1.807, 2.05) is 23.4 Å². The van der Waals surface area contributed by atoms with Gasteiger partial charge in [-0.2, -0.15) is 11.8 Å². The Hall–Kier alpha value is -3.67. The van der Waals surface area contributed by atoms with Crippen molar-refractivity contribution < 1.29 is 4.79 Å². The van der Waals surface area contributed by atoms with E-state index in [-0.39, 0.29) is 17.6 Å². The summed E-state index contributed by atoms with van der Waals surface area (Å²) in [6, 6.07) is 0.256. The predicted molar refractivity (Wildman–Crippen MR) is 132 cm³/mol. The number of rotatable bonds is 7. The molecule has 0 radical (unpaired) electrons. The quantitative estimate of drug-likeness (QED) is 0.380. The molecule has 0 bridgehead atoms. The summed E-state index contributed by atoms with van der Waals surface area (Å²) in [5.74, 6) is 2.07. The van der Waals surface area contributed by atoms with E-state index >= 15 is 0 Å². The second-order valence-corrected chi connectivity index (χ2v) is 8.74. The van der Waals surface area contributed by atoms with Gasteiger partial charge in [0.05, 0.1) is 35.3 Å². The number of pyridine rings is 1. The first kappa shape index (κ1) is 22.5. The lowest BCUT2D eigenvalue weighted by molar-refractivity contribution is 0.0996. The number of nitrogens with zero attached hydrogens (tertiary/aromatic N) is 6. The lowest BCUT2D eigenvalue weighted by atomic mass is 10.1. The first-order valence-electron chi connectivity index (χ1n) is 10.5. The molecule has 11 nitrogen and oxygen atoms in total. The minimum atomic E-state index is -0.729. The van der Waals surface area contributed by atoms with E-state index in [1.165, 1.54) is 6.20 Å². The van der Waals surface area contributed by atoms with Gasteiger partial charge < -0.3 is 26.7 Å². The van der Waals surface area contributed by atoms with Crippen molar-refractivity contribution in [1.82, 2.24) is 24.5 Å². The first-order valence-corrected chi connectivity index (χ1v) is 11.6. The first-order chi connectivity index (χ1) is 16.0. The number of amides is 1. The lowest BCUT2D eigenvalue weighted by Gasteiger charge is -2.17. The Balaban J connectivity index is 1.72. The third kappa shape index (κ3) is 4.75. The number of nitrogens with two attached hydrogens (primary N) is 2. The van der Waals surface area contributed by atoms with E-state index in [0.29, 0.717) is 28.3 Å². The molecule has 4 heterocycles. The van der Waals surface area contributed by atoms with E-state index in [2.05, 4.69) is 35.6 Å². The van der Waals surface area contributed by atoms with Crippen LogP contribution in [0.4, 0.5) is 11.6 Å². The smallest absolute Gasteiger partial charge is 0.271 e. The minimum Gasteiger partial charge on any atom is -0.403 e. The number of fused-ring (bicyclic) bond motifs is 1. The molecule has 1 saturated heterocycles. The summed E-state index contributed by atoms with van der Waals surface area (Å²) in [7, 11) is 3.59. The van der Waals surface area contributed by atoms with Crippen LogP contribution in [-0.2, 0) is 7.05 Å². The van der Waals surface area contributed by atoms with E-state index in [0.717, 1.165) is 29.9 Å². The molecule has 1 fully saturated rings. The standard InChI is InChI=1S/C21H26N10OS/c1-24-20-17(14-9-25-10-15-16(14)27-11-31(15)2)29-18(19(23)32)21(30-20)28-13(7-22)8-26-12-3-5-33-6-4-12/h7-12H,3-6,22H2,1-2H3,(H2,23,32)(H2,24,28,30). The van der Waals surface area contributed by atoms with Crippen molar-refractivity contribution in [2.45, 2.75) is 18.9 Å². The minimum absolute atomic E-state index is 0.0289. The number of allylic oxidation sites excluding steroid dienone is 1. The third-order valence-electron chi connectivity index (χ3n) is 5.32. The fourth-order valence-electron chi connectivity index (χ4n) is 3.55. The van der Waals surface area contributed by atoms with Crippen LogP contribution < -0.4 is 22.1 Å². The molecule has 172 valence electrons. The summed E-state index contributed by atoms with van der Waals surface area (Å²) in [6.07, 6.45) is 10.1. The average molecular weight is 467 g/mol. The number of hydrogen-bond acceptors (Lipinski definition) is 10. The van der Waals surface area contributed by atoms with Gasteiger partial charge >= 0.3 is 0 Å². The Kier molecular flexibility index (Phi) is 6.73. The fourth-order valence-corrected chi connectivity index (χ4v) is 4.63. The molecule has 0 spiro atoms. The maximum atomic E-state index is 12.3. The molecule has 0 atom stereocenters. The second kappa shape index (κ2) is 9.86. The van der Waals surface area contributed by atoms with E-state index in [9.17, 15) is 4.79 Å². The molecular formula is C21H26N10OS. The second-order valence-electron chi connectivity index (χ2n) is 7.51. The van der Waals surface area contributed by atoms with Gasteiger partial charge in [0.1, 0.15) is 11.2 Å². The topological polar surface area (TPSA) is 162 Å². The molecule has 1 aliphatic rings. The van der Waals surface area contributed by atoms with Crippen LogP contribution >= 0.6 is 11.8 Å². The van der Waals surface area contributed by atoms with Crippen molar-refractivity contribution in [2.75, 3.05) is 29.2 Å². The highest BCUT2D eigenvalue weighted by atomic mass is 32.2. The molecule has 3 aromatic rings. The molecule has 1 aliphatic heterocycles. The Labute approximate surface area is 195 Å². The summed E-state index contributed by atoms with van der Waals surface area (Å²) >= 11 is 1.94. The van der Waals surface area contributed by atoms with Crippen molar-refractivity contribution in [3.8, 4) is 11.3 Å². The molecule has 4 rings (SSSR count). The number of carbonyl (C=O) groups is 1. The largest absolute Gasteiger partial charge is 0.403 e. The molecule has 6 N–H and O–H groups in total. The van der Waals surface area contributed by atoms with Crippen LogP contribution in [0.25, 0.3) is 22.3 Å². The zero-order chi connectivity index (χ0) is 23.4. The fraction of sp³-hybridized carbons (Fsp3) is 0.333. The summed E-state index contributed by atoms with van der Waals surface area (Å²) in [5.41, 5.74) is 14.5. The number of aliphatic imine (C=N–C) groups is 1. The summed E-state index contributed by atoms with van der Waals surface area (Å²) < 4.78 is 1.85. The SMILES string of the molecule is CNc1nc(NC(C=NC2CCSCC2)=CN)c(C(N)=O)nc1-c1cncc2c1ncn2C. The Morgan fingerprint density at radius 3 is 2.76 bits per heavy atom. The normalized spacial score (nSPS) is 15.3. The van der Waals surface area contributed by atoms with Crippen LogP contribution in [0.2, 0.25) is 0 Å². The zero-order valence-corrected chi connectivity index (χ0v) is 19.3. The number of primary amides is 1. The molecule has 0 unspecified atom stereocenters. The monoisotopic (exact) mass is 466 g/mol. The molecule has 1 amide bonds. The van der Waals surface area contributed by atoms with Crippen LogP contribution in [0.15, 0.2) is 35.6 Å².